The minimum absolute atomic E-state index is 0.199. The molecule has 1 amide bonds. The molecule has 31 heavy (non-hydrogen) atoms. The van der Waals surface area contributed by atoms with Gasteiger partial charge in [-0.3, -0.25) is 4.79 Å². The van der Waals surface area contributed by atoms with E-state index in [0.717, 1.165) is 46.9 Å². The van der Waals surface area contributed by atoms with Gasteiger partial charge in [0, 0.05) is 23.7 Å². The molecule has 2 aromatic carbocycles. The van der Waals surface area contributed by atoms with Crippen LogP contribution in [0, 0.1) is 13.8 Å². The number of aromatic nitrogens is 5. The molecular weight excluding hydrogens is 388 g/mol. The lowest BCUT2D eigenvalue weighted by atomic mass is 10.1. The molecule has 1 saturated carbocycles. The Morgan fingerprint density at radius 1 is 0.968 bits per heavy atom. The maximum absolute atomic E-state index is 13.1. The zero-order valence-corrected chi connectivity index (χ0v) is 17.6. The van der Waals surface area contributed by atoms with Gasteiger partial charge in [0.15, 0.2) is 5.69 Å². The van der Waals surface area contributed by atoms with E-state index in [1.807, 2.05) is 79.2 Å². The Morgan fingerprint density at radius 2 is 1.58 bits per heavy atom. The topological polar surface area (TPSA) is 77.6 Å². The first-order chi connectivity index (χ1) is 15.1. The van der Waals surface area contributed by atoms with Gasteiger partial charge in [0.1, 0.15) is 0 Å². The van der Waals surface area contributed by atoms with Crippen LogP contribution in [-0.2, 0) is 6.54 Å². The summed E-state index contributed by atoms with van der Waals surface area (Å²) >= 11 is 0. The Labute approximate surface area is 180 Å². The molecular formula is C24H24N6O. The molecule has 0 unspecified atom stereocenters. The van der Waals surface area contributed by atoms with Gasteiger partial charge in [-0.2, -0.15) is 5.10 Å². The summed E-state index contributed by atoms with van der Waals surface area (Å²) in [5.74, 6) is 0.135. The molecule has 0 bridgehead atoms. The van der Waals surface area contributed by atoms with Crippen molar-refractivity contribution in [3.05, 3.63) is 89.0 Å². The van der Waals surface area contributed by atoms with Crippen molar-refractivity contribution >= 4 is 5.91 Å². The first kappa shape index (κ1) is 19.2. The molecule has 0 radical (unpaired) electrons. The van der Waals surface area contributed by atoms with Crippen molar-refractivity contribution in [1.29, 1.82) is 0 Å². The van der Waals surface area contributed by atoms with Crippen LogP contribution in [0.1, 0.15) is 51.9 Å². The summed E-state index contributed by atoms with van der Waals surface area (Å²) < 4.78 is 3.72. The van der Waals surface area contributed by atoms with Gasteiger partial charge in [-0.1, -0.05) is 41.6 Å². The molecule has 1 aliphatic rings. The number of rotatable bonds is 6. The van der Waals surface area contributed by atoms with E-state index in [1.54, 1.807) is 4.68 Å². The van der Waals surface area contributed by atoms with Crippen LogP contribution < -0.4 is 5.32 Å². The van der Waals surface area contributed by atoms with E-state index in [0.29, 0.717) is 18.2 Å². The third kappa shape index (κ3) is 3.63. The SMILES string of the molecule is Cc1nn(-c2ccccc2)c(C)c1CNC(=O)c1nnn(-c2ccccc2)c1C1CC1. The van der Waals surface area contributed by atoms with Crippen molar-refractivity contribution in [2.45, 2.75) is 39.2 Å². The number of amides is 1. The molecule has 1 N–H and O–H groups in total. The highest BCUT2D eigenvalue weighted by Crippen LogP contribution is 2.41. The summed E-state index contributed by atoms with van der Waals surface area (Å²) in [6.45, 7) is 4.39. The number of carbonyl (C=O) groups excluding carboxylic acids is 1. The fourth-order valence-corrected chi connectivity index (χ4v) is 3.94. The molecule has 0 saturated heterocycles. The van der Waals surface area contributed by atoms with E-state index in [2.05, 4.69) is 20.7 Å². The van der Waals surface area contributed by atoms with Gasteiger partial charge in [0.2, 0.25) is 0 Å². The molecule has 4 aromatic rings. The largest absolute Gasteiger partial charge is 0.346 e. The number of nitrogens with zero attached hydrogens (tertiary/aromatic N) is 5. The van der Waals surface area contributed by atoms with E-state index < -0.39 is 0 Å². The number of para-hydroxylation sites is 2. The molecule has 7 nitrogen and oxygen atoms in total. The molecule has 5 rings (SSSR count). The second-order valence-electron chi connectivity index (χ2n) is 7.92. The van der Waals surface area contributed by atoms with Gasteiger partial charge in [0.25, 0.3) is 5.91 Å². The fourth-order valence-electron chi connectivity index (χ4n) is 3.94. The third-order valence-corrected chi connectivity index (χ3v) is 5.75. The number of benzene rings is 2. The number of hydrogen-bond donors (Lipinski definition) is 1. The Morgan fingerprint density at radius 3 is 2.19 bits per heavy atom. The summed E-state index contributed by atoms with van der Waals surface area (Å²) in [5, 5.41) is 16.2. The normalized spacial score (nSPS) is 13.4. The van der Waals surface area contributed by atoms with E-state index in [1.165, 1.54) is 0 Å². The molecule has 156 valence electrons. The third-order valence-electron chi connectivity index (χ3n) is 5.75. The van der Waals surface area contributed by atoms with Gasteiger partial charge in [-0.15, -0.1) is 5.10 Å². The van der Waals surface area contributed by atoms with Crippen molar-refractivity contribution in [3.8, 4) is 11.4 Å². The van der Waals surface area contributed by atoms with Crippen LogP contribution in [0.2, 0.25) is 0 Å². The lowest BCUT2D eigenvalue weighted by Gasteiger charge is -2.08. The zero-order valence-electron chi connectivity index (χ0n) is 17.6. The lowest BCUT2D eigenvalue weighted by molar-refractivity contribution is 0.0944. The number of hydrogen-bond acceptors (Lipinski definition) is 4. The van der Waals surface area contributed by atoms with E-state index in [-0.39, 0.29) is 5.91 Å². The maximum atomic E-state index is 13.1. The molecule has 1 aliphatic carbocycles. The second-order valence-corrected chi connectivity index (χ2v) is 7.92. The summed E-state index contributed by atoms with van der Waals surface area (Å²) in [5.41, 5.74) is 6.17. The van der Waals surface area contributed by atoms with Crippen LogP contribution in [0.25, 0.3) is 11.4 Å². The van der Waals surface area contributed by atoms with Crippen molar-refractivity contribution in [2.75, 3.05) is 0 Å². The first-order valence-electron chi connectivity index (χ1n) is 10.5. The Kier molecular flexibility index (Phi) is 4.86. The summed E-state index contributed by atoms with van der Waals surface area (Å²) in [6.07, 6.45) is 2.12. The van der Waals surface area contributed by atoms with E-state index in [9.17, 15) is 4.79 Å². The highest BCUT2D eigenvalue weighted by Gasteiger charge is 2.34. The average molecular weight is 412 g/mol. The second kappa shape index (κ2) is 7.83. The van der Waals surface area contributed by atoms with Crippen LogP contribution in [0.4, 0.5) is 0 Å². The molecule has 2 heterocycles. The lowest BCUT2D eigenvalue weighted by Crippen LogP contribution is -2.25. The van der Waals surface area contributed by atoms with Gasteiger partial charge in [-0.05, 0) is 51.0 Å². The van der Waals surface area contributed by atoms with Crippen LogP contribution in [0.5, 0.6) is 0 Å². The Hall–Kier alpha value is -3.74. The zero-order chi connectivity index (χ0) is 21.4. The fraction of sp³-hybridized carbons (Fsp3) is 0.250. The minimum atomic E-state index is -0.199. The molecule has 2 aromatic heterocycles. The summed E-state index contributed by atoms with van der Waals surface area (Å²) in [4.78, 5) is 13.1. The van der Waals surface area contributed by atoms with Crippen molar-refractivity contribution in [2.24, 2.45) is 0 Å². The van der Waals surface area contributed by atoms with Crippen LogP contribution in [-0.4, -0.2) is 30.7 Å². The predicted molar refractivity (Wildman–Crippen MR) is 118 cm³/mol. The summed E-state index contributed by atoms with van der Waals surface area (Å²) in [6, 6.07) is 19.8. The molecule has 0 atom stereocenters. The molecule has 0 aliphatic heterocycles. The minimum Gasteiger partial charge on any atom is -0.346 e. The van der Waals surface area contributed by atoms with Gasteiger partial charge >= 0.3 is 0 Å². The van der Waals surface area contributed by atoms with Crippen LogP contribution in [0.15, 0.2) is 60.7 Å². The Balaban J connectivity index is 1.39. The van der Waals surface area contributed by atoms with Gasteiger partial charge in [-0.25, -0.2) is 9.36 Å². The smallest absolute Gasteiger partial charge is 0.274 e. The van der Waals surface area contributed by atoms with E-state index in [4.69, 9.17) is 0 Å². The van der Waals surface area contributed by atoms with Gasteiger partial charge in [0.05, 0.1) is 22.8 Å². The van der Waals surface area contributed by atoms with Crippen LogP contribution >= 0.6 is 0 Å². The Bertz CT molecular complexity index is 1220. The van der Waals surface area contributed by atoms with Crippen LogP contribution in [0.3, 0.4) is 0 Å². The standard InChI is InChI=1S/C24H24N6O/c1-16-21(17(2)29(27-16)19-9-5-3-6-10-19)15-25-24(31)22-23(18-13-14-18)30(28-26-22)20-11-7-4-8-12-20/h3-12,18H,13-15H2,1-2H3,(H,25,31). The highest BCUT2D eigenvalue weighted by atomic mass is 16.2. The maximum Gasteiger partial charge on any atom is 0.274 e. The average Bonchev–Trinajstić information content (AvgIpc) is 3.48. The quantitative estimate of drug-likeness (QED) is 0.521. The molecule has 7 heteroatoms. The number of carbonyl (C=O) groups is 1. The van der Waals surface area contributed by atoms with Crippen molar-refractivity contribution in [1.82, 2.24) is 30.1 Å². The van der Waals surface area contributed by atoms with E-state index >= 15 is 0 Å². The molecule has 1 fully saturated rings. The summed E-state index contributed by atoms with van der Waals surface area (Å²) in [7, 11) is 0. The highest BCUT2D eigenvalue weighted by molar-refractivity contribution is 5.93. The number of nitrogens with one attached hydrogen (secondary N) is 1. The van der Waals surface area contributed by atoms with Crippen molar-refractivity contribution in [3.63, 3.8) is 0 Å². The van der Waals surface area contributed by atoms with Gasteiger partial charge < -0.3 is 5.32 Å². The number of aryl methyl sites for hydroxylation is 1. The first-order valence-corrected chi connectivity index (χ1v) is 10.5. The predicted octanol–water partition coefficient (Wildman–Crippen LogP) is 3.88. The molecule has 0 spiro atoms. The van der Waals surface area contributed by atoms with Crippen molar-refractivity contribution < 1.29 is 4.79 Å². The monoisotopic (exact) mass is 412 g/mol.